The van der Waals surface area contributed by atoms with Crippen molar-refractivity contribution < 1.29 is 23.1 Å². The Morgan fingerprint density at radius 1 is 1.00 bits per heavy atom. The molecule has 0 aliphatic rings. The molecule has 0 unspecified atom stereocenters. The highest BCUT2D eigenvalue weighted by molar-refractivity contribution is 5.92. The molecule has 1 heterocycles. The highest BCUT2D eigenvalue weighted by Gasteiger charge is 2.18. The summed E-state index contributed by atoms with van der Waals surface area (Å²) in [6.45, 7) is 1.69. The Hall–Kier alpha value is -3.93. The topological polar surface area (TPSA) is 65.7 Å². The largest absolute Gasteiger partial charge is 0.496 e. The lowest BCUT2D eigenvalue weighted by atomic mass is 10.0. The second-order valence-electron chi connectivity index (χ2n) is 6.62. The molecule has 30 heavy (non-hydrogen) atoms. The molecule has 0 saturated carbocycles. The Balaban J connectivity index is 1.75. The summed E-state index contributed by atoms with van der Waals surface area (Å²) in [5.74, 6) is -0.0881. The molecule has 150 valence electrons. The van der Waals surface area contributed by atoms with Crippen molar-refractivity contribution in [3.05, 3.63) is 94.1 Å². The number of hydrogen-bond donors (Lipinski definition) is 0. The molecule has 3 aromatic carbocycles. The zero-order chi connectivity index (χ0) is 21.3. The lowest BCUT2D eigenvalue weighted by molar-refractivity contribution is 0.0734. The summed E-state index contributed by atoms with van der Waals surface area (Å²) in [4.78, 5) is 25.4. The molecule has 0 amide bonds. The number of methoxy groups -OCH3 is 1. The molecule has 6 heteroatoms. The molecule has 0 N–H and O–H groups in total. The fourth-order valence-electron chi connectivity index (χ4n) is 3.29. The predicted octanol–water partition coefficient (Wildman–Crippen LogP) is 5.14. The van der Waals surface area contributed by atoms with Gasteiger partial charge in [-0.15, -0.1) is 0 Å². The molecule has 0 bridgehead atoms. The number of ether oxygens (including phenoxy) is 2. The van der Waals surface area contributed by atoms with Gasteiger partial charge in [0.15, 0.2) is 0 Å². The van der Waals surface area contributed by atoms with E-state index < -0.39 is 11.8 Å². The SMILES string of the molecule is COc1ccccc1-c1c(C)oc2cc(OC(=O)c3cccc(F)c3)ccc2c1=O. The van der Waals surface area contributed by atoms with E-state index in [9.17, 15) is 14.0 Å². The minimum absolute atomic E-state index is 0.0826. The number of halogens is 1. The van der Waals surface area contributed by atoms with Gasteiger partial charge >= 0.3 is 5.97 Å². The van der Waals surface area contributed by atoms with Gasteiger partial charge in [-0.05, 0) is 43.3 Å². The first-order valence-corrected chi connectivity index (χ1v) is 9.16. The van der Waals surface area contributed by atoms with E-state index >= 15 is 0 Å². The molecule has 5 nitrogen and oxygen atoms in total. The van der Waals surface area contributed by atoms with Crippen molar-refractivity contribution >= 4 is 16.9 Å². The molecule has 4 rings (SSSR count). The van der Waals surface area contributed by atoms with Crippen LogP contribution in [0.2, 0.25) is 0 Å². The van der Waals surface area contributed by atoms with E-state index in [4.69, 9.17) is 13.9 Å². The number of hydrogen-bond acceptors (Lipinski definition) is 5. The molecule has 0 fully saturated rings. The summed E-state index contributed by atoms with van der Waals surface area (Å²) in [5, 5.41) is 0.340. The minimum Gasteiger partial charge on any atom is -0.496 e. The first-order valence-electron chi connectivity index (χ1n) is 9.16. The third kappa shape index (κ3) is 3.55. The molecule has 0 radical (unpaired) electrons. The summed E-state index contributed by atoms with van der Waals surface area (Å²) in [6, 6.07) is 16.9. The maximum absolute atomic E-state index is 13.3. The number of aryl methyl sites for hydroxylation is 1. The zero-order valence-corrected chi connectivity index (χ0v) is 16.3. The van der Waals surface area contributed by atoms with Gasteiger partial charge in [-0.3, -0.25) is 4.79 Å². The van der Waals surface area contributed by atoms with E-state index in [2.05, 4.69) is 0 Å². The first kappa shape index (κ1) is 19.4. The Bertz CT molecular complexity index is 1320. The maximum Gasteiger partial charge on any atom is 0.343 e. The van der Waals surface area contributed by atoms with Gasteiger partial charge in [0.25, 0.3) is 0 Å². The van der Waals surface area contributed by atoms with Gasteiger partial charge in [0.05, 0.1) is 23.6 Å². The third-order valence-corrected chi connectivity index (χ3v) is 4.69. The summed E-state index contributed by atoms with van der Waals surface area (Å²) >= 11 is 0. The molecular weight excluding hydrogens is 387 g/mol. The number of esters is 1. The molecule has 0 atom stereocenters. The Morgan fingerprint density at radius 2 is 1.80 bits per heavy atom. The van der Waals surface area contributed by atoms with Gasteiger partial charge in [0, 0.05) is 11.6 Å². The van der Waals surface area contributed by atoms with Gasteiger partial charge in [0.2, 0.25) is 5.43 Å². The first-order chi connectivity index (χ1) is 14.5. The minimum atomic E-state index is -0.710. The third-order valence-electron chi connectivity index (χ3n) is 4.69. The lowest BCUT2D eigenvalue weighted by Gasteiger charge is -2.11. The van der Waals surface area contributed by atoms with Crippen molar-refractivity contribution in [3.63, 3.8) is 0 Å². The van der Waals surface area contributed by atoms with E-state index in [-0.39, 0.29) is 22.3 Å². The van der Waals surface area contributed by atoms with Gasteiger partial charge in [-0.1, -0.05) is 24.3 Å². The van der Waals surface area contributed by atoms with Crippen LogP contribution in [0.4, 0.5) is 4.39 Å². The van der Waals surface area contributed by atoms with Crippen LogP contribution in [0.5, 0.6) is 11.5 Å². The number of fused-ring (bicyclic) bond motifs is 1. The van der Waals surface area contributed by atoms with Crippen LogP contribution in [0.3, 0.4) is 0 Å². The smallest absolute Gasteiger partial charge is 0.343 e. The Labute approximate surface area is 171 Å². The summed E-state index contributed by atoms with van der Waals surface area (Å²) < 4.78 is 29.9. The molecular formula is C24H17FO5. The fourth-order valence-corrected chi connectivity index (χ4v) is 3.29. The van der Waals surface area contributed by atoms with Crippen LogP contribution in [-0.4, -0.2) is 13.1 Å². The van der Waals surface area contributed by atoms with E-state index in [0.29, 0.717) is 28.0 Å². The normalized spacial score (nSPS) is 10.8. The van der Waals surface area contributed by atoms with Gasteiger partial charge < -0.3 is 13.9 Å². The van der Waals surface area contributed by atoms with E-state index in [0.717, 1.165) is 6.07 Å². The highest BCUT2D eigenvalue weighted by Crippen LogP contribution is 2.32. The number of carbonyl (C=O) groups excluding carboxylic acids is 1. The fraction of sp³-hybridized carbons (Fsp3) is 0.0833. The molecule has 4 aromatic rings. The Kier molecular flexibility index (Phi) is 5.06. The quantitative estimate of drug-likeness (QED) is 0.348. The van der Waals surface area contributed by atoms with E-state index in [1.165, 1.54) is 43.5 Å². The molecule has 0 aliphatic heterocycles. The second kappa shape index (κ2) is 7.83. The maximum atomic E-state index is 13.3. The van der Waals surface area contributed by atoms with Crippen molar-refractivity contribution in [1.29, 1.82) is 0 Å². The Morgan fingerprint density at radius 3 is 2.57 bits per heavy atom. The van der Waals surface area contributed by atoms with Crippen LogP contribution < -0.4 is 14.9 Å². The summed E-state index contributed by atoms with van der Waals surface area (Å²) in [5.41, 5.74) is 1.18. The van der Waals surface area contributed by atoms with Crippen LogP contribution in [0, 0.1) is 12.7 Å². The monoisotopic (exact) mass is 404 g/mol. The standard InChI is InChI=1S/C24H17FO5/c1-14-22(18-8-3-4-9-20(18)28-2)23(26)19-11-10-17(13-21(19)29-14)30-24(27)15-6-5-7-16(25)12-15/h3-13H,1-2H3. The van der Waals surface area contributed by atoms with Crippen LogP contribution >= 0.6 is 0 Å². The molecule has 1 aromatic heterocycles. The number of para-hydroxylation sites is 1. The average Bonchev–Trinajstić information content (AvgIpc) is 2.74. The van der Waals surface area contributed by atoms with Crippen molar-refractivity contribution in [3.8, 4) is 22.6 Å². The van der Waals surface area contributed by atoms with Crippen LogP contribution in [0.1, 0.15) is 16.1 Å². The number of carbonyl (C=O) groups is 1. The van der Waals surface area contributed by atoms with Crippen molar-refractivity contribution in [1.82, 2.24) is 0 Å². The van der Waals surface area contributed by atoms with Crippen molar-refractivity contribution in [2.45, 2.75) is 6.92 Å². The number of rotatable bonds is 4. The molecule has 0 saturated heterocycles. The van der Waals surface area contributed by atoms with Crippen molar-refractivity contribution in [2.75, 3.05) is 7.11 Å². The van der Waals surface area contributed by atoms with Crippen LogP contribution in [0.25, 0.3) is 22.1 Å². The van der Waals surface area contributed by atoms with Crippen LogP contribution in [-0.2, 0) is 0 Å². The summed E-state index contributed by atoms with van der Waals surface area (Å²) in [7, 11) is 1.54. The lowest BCUT2D eigenvalue weighted by Crippen LogP contribution is -2.10. The van der Waals surface area contributed by atoms with E-state index in [1.54, 1.807) is 19.1 Å². The van der Waals surface area contributed by atoms with Crippen molar-refractivity contribution in [2.24, 2.45) is 0 Å². The zero-order valence-electron chi connectivity index (χ0n) is 16.3. The predicted molar refractivity (Wildman–Crippen MR) is 111 cm³/mol. The van der Waals surface area contributed by atoms with Gasteiger partial charge in [-0.25, -0.2) is 9.18 Å². The summed E-state index contributed by atoms with van der Waals surface area (Å²) in [6.07, 6.45) is 0. The average molecular weight is 404 g/mol. The second-order valence-corrected chi connectivity index (χ2v) is 6.62. The van der Waals surface area contributed by atoms with E-state index in [1.807, 2.05) is 12.1 Å². The van der Waals surface area contributed by atoms with Gasteiger partial charge in [0.1, 0.15) is 28.7 Å². The number of benzene rings is 3. The van der Waals surface area contributed by atoms with Crippen LogP contribution in [0.15, 0.2) is 75.9 Å². The highest BCUT2D eigenvalue weighted by atomic mass is 19.1. The molecule has 0 aliphatic carbocycles. The van der Waals surface area contributed by atoms with Gasteiger partial charge in [-0.2, -0.15) is 0 Å². The molecule has 0 spiro atoms.